The van der Waals surface area contributed by atoms with Crippen LogP contribution in [0.4, 0.5) is 5.69 Å². The van der Waals surface area contributed by atoms with E-state index in [1.54, 1.807) is 0 Å². The minimum atomic E-state index is -0.450. The third-order valence-electron chi connectivity index (χ3n) is 9.72. The first-order chi connectivity index (χ1) is 19.7. The fraction of sp³-hybridized carbons (Fsp3) is 0.606. The highest BCUT2D eigenvalue weighted by molar-refractivity contribution is 6.01. The molecule has 2 amide bonds. The molecule has 0 radical (unpaired) electrons. The third-order valence-corrected chi connectivity index (χ3v) is 9.72. The summed E-state index contributed by atoms with van der Waals surface area (Å²) >= 11 is 0. The molecule has 4 aliphatic rings. The van der Waals surface area contributed by atoms with Crippen molar-refractivity contribution in [3.05, 3.63) is 46.3 Å². The predicted octanol–water partition coefficient (Wildman–Crippen LogP) is 4.55. The van der Waals surface area contributed by atoms with Gasteiger partial charge in [0.15, 0.2) is 5.78 Å². The quantitative estimate of drug-likeness (QED) is 0.440. The highest BCUT2D eigenvalue weighted by Gasteiger charge is 2.39. The molecule has 8 nitrogen and oxygen atoms in total. The number of amides is 2. The van der Waals surface area contributed by atoms with E-state index in [2.05, 4.69) is 40.0 Å². The molecule has 1 aromatic heterocycles. The van der Waals surface area contributed by atoms with Crippen molar-refractivity contribution < 1.29 is 14.4 Å². The Morgan fingerprint density at radius 1 is 0.976 bits per heavy atom. The highest BCUT2D eigenvalue weighted by Crippen LogP contribution is 2.43. The Morgan fingerprint density at radius 2 is 1.71 bits per heavy atom. The van der Waals surface area contributed by atoms with Gasteiger partial charge in [-0.1, -0.05) is 13.8 Å². The molecule has 2 fully saturated rings. The highest BCUT2D eigenvalue weighted by atomic mass is 16.2. The van der Waals surface area contributed by atoms with Crippen LogP contribution in [-0.4, -0.2) is 58.8 Å². The van der Waals surface area contributed by atoms with E-state index < -0.39 is 5.91 Å². The van der Waals surface area contributed by atoms with Crippen LogP contribution in [0.15, 0.2) is 18.2 Å². The zero-order valence-corrected chi connectivity index (χ0v) is 24.7. The van der Waals surface area contributed by atoms with Gasteiger partial charge in [-0.05, 0) is 106 Å². The van der Waals surface area contributed by atoms with E-state index >= 15 is 0 Å². The Hall–Kier alpha value is -3.13. The zero-order valence-electron chi connectivity index (χ0n) is 24.7. The van der Waals surface area contributed by atoms with Crippen LogP contribution in [-0.2, 0) is 24.1 Å². The topological polar surface area (TPSA) is 109 Å². The van der Waals surface area contributed by atoms with E-state index in [1.165, 1.54) is 24.1 Å². The molecule has 0 spiro atoms. The number of likely N-dealkylation sites (tertiary alicyclic amines) is 1. The molecule has 0 unspecified atom stereocenters. The maximum Gasteiger partial charge on any atom is 0.250 e. The first-order valence-electron chi connectivity index (χ1n) is 15.7. The molecule has 41 heavy (non-hydrogen) atoms. The number of carbonyl (C=O) groups excluding carboxylic acids is 3. The number of fused-ring (bicyclic) bond motifs is 3. The third kappa shape index (κ3) is 5.81. The summed E-state index contributed by atoms with van der Waals surface area (Å²) in [6, 6.07) is 6.26. The van der Waals surface area contributed by atoms with Crippen LogP contribution in [0.1, 0.15) is 109 Å². The monoisotopic (exact) mass is 559 g/mol. The number of nitrogens with two attached hydrogens (primary N) is 1. The number of hydrogen-bond acceptors (Lipinski definition) is 5. The van der Waals surface area contributed by atoms with Crippen molar-refractivity contribution in [1.29, 1.82) is 0 Å². The molecule has 0 bridgehead atoms. The summed E-state index contributed by atoms with van der Waals surface area (Å²) in [7, 11) is 0. The Balaban J connectivity index is 1.17. The molecule has 3 aliphatic carbocycles. The largest absolute Gasteiger partial charge is 0.382 e. The second kappa shape index (κ2) is 11.3. The van der Waals surface area contributed by atoms with Gasteiger partial charge in [0.25, 0.3) is 5.91 Å². The summed E-state index contributed by atoms with van der Waals surface area (Å²) in [4.78, 5) is 40.6. The molecule has 1 aliphatic heterocycles. The van der Waals surface area contributed by atoms with Crippen LogP contribution < -0.4 is 16.4 Å². The van der Waals surface area contributed by atoms with E-state index in [-0.39, 0.29) is 29.2 Å². The van der Waals surface area contributed by atoms with Crippen molar-refractivity contribution in [2.24, 2.45) is 11.1 Å². The van der Waals surface area contributed by atoms with E-state index in [0.29, 0.717) is 18.4 Å². The average molecular weight is 560 g/mol. The van der Waals surface area contributed by atoms with Crippen molar-refractivity contribution in [3.63, 3.8) is 0 Å². The van der Waals surface area contributed by atoms with E-state index in [0.717, 1.165) is 93.6 Å². The lowest BCUT2D eigenvalue weighted by Crippen LogP contribution is -2.41. The van der Waals surface area contributed by atoms with Gasteiger partial charge in [0.2, 0.25) is 5.91 Å². The second-order valence-electron chi connectivity index (χ2n) is 13.5. The summed E-state index contributed by atoms with van der Waals surface area (Å²) in [5.41, 5.74) is 12.5. The van der Waals surface area contributed by atoms with Crippen molar-refractivity contribution in [2.45, 2.75) is 103 Å². The minimum absolute atomic E-state index is 0.0790. The normalized spacial score (nSPS) is 23.7. The standard InChI is InChI=1S/C33H45N5O3/c1-33(2)19-28-31(29(39)20-33)25-6-5-7-27(25)38(28)23-12-13-24(32(34)41)26(18-23)35-21-8-10-22(11-9-21)36-30(40)14-17-37-15-3-4-16-37/h12-13,18,21-22,35H,3-11,14-17,19-20H2,1-2H3,(H2,34,41)(H,36,40). The van der Waals surface area contributed by atoms with Crippen LogP contribution in [0.3, 0.4) is 0 Å². The van der Waals surface area contributed by atoms with Gasteiger partial charge in [-0.15, -0.1) is 0 Å². The van der Waals surface area contributed by atoms with Gasteiger partial charge < -0.3 is 25.8 Å². The number of ketones is 1. The van der Waals surface area contributed by atoms with E-state index in [9.17, 15) is 14.4 Å². The molecule has 1 saturated carbocycles. The number of nitrogens with zero attached hydrogens (tertiary/aromatic N) is 2. The Labute approximate surface area is 243 Å². The van der Waals surface area contributed by atoms with Crippen LogP contribution in [0.2, 0.25) is 0 Å². The van der Waals surface area contributed by atoms with Gasteiger partial charge in [-0.2, -0.15) is 0 Å². The van der Waals surface area contributed by atoms with Gasteiger partial charge in [-0.25, -0.2) is 0 Å². The average Bonchev–Trinajstić information content (AvgIpc) is 3.66. The van der Waals surface area contributed by atoms with Crippen molar-refractivity contribution in [3.8, 4) is 5.69 Å². The smallest absolute Gasteiger partial charge is 0.250 e. The molecule has 1 saturated heterocycles. The summed E-state index contributed by atoms with van der Waals surface area (Å²) in [6.07, 6.45) is 11.1. The van der Waals surface area contributed by atoms with Crippen molar-refractivity contribution >= 4 is 23.3 Å². The summed E-state index contributed by atoms with van der Waals surface area (Å²) in [5, 5.41) is 6.89. The molecule has 0 atom stereocenters. The molecular weight excluding hydrogens is 514 g/mol. The molecular formula is C33H45N5O3. The number of hydrogen-bond donors (Lipinski definition) is 3. The molecule has 1 aromatic carbocycles. The lowest BCUT2D eigenvalue weighted by molar-refractivity contribution is -0.122. The first kappa shape index (κ1) is 28.0. The van der Waals surface area contributed by atoms with Gasteiger partial charge in [0, 0.05) is 59.8 Å². The molecule has 4 N–H and O–H groups in total. The number of primary amides is 1. The first-order valence-corrected chi connectivity index (χ1v) is 15.7. The lowest BCUT2D eigenvalue weighted by Gasteiger charge is -2.31. The van der Waals surface area contributed by atoms with Crippen molar-refractivity contribution in [1.82, 2.24) is 14.8 Å². The lowest BCUT2D eigenvalue weighted by atomic mass is 9.75. The number of Topliss-reactive ketones (excluding diaryl/α,β-unsaturated/α-hetero) is 1. The van der Waals surface area contributed by atoms with E-state index in [4.69, 9.17) is 5.73 Å². The van der Waals surface area contributed by atoms with Gasteiger partial charge >= 0.3 is 0 Å². The fourth-order valence-electron chi connectivity index (χ4n) is 7.71. The minimum Gasteiger partial charge on any atom is -0.382 e. The number of benzene rings is 1. The Morgan fingerprint density at radius 3 is 2.44 bits per heavy atom. The number of carbonyl (C=O) groups is 3. The molecule has 220 valence electrons. The summed E-state index contributed by atoms with van der Waals surface area (Å²) in [6.45, 7) is 7.43. The number of nitrogens with one attached hydrogen (secondary N) is 2. The number of rotatable bonds is 8. The number of anilines is 1. The van der Waals surface area contributed by atoms with Crippen LogP contribution in [0.5, 0.6) is 0 Å². The van der Waals surface area contributed by atoms with Crippen molar-refractivity contribution in [2.75, 3.05) is 25.0 Å². The fourth-order valence-corrected chi connectivity index (χ4v) is 7.71. The summed E-state index contributed by atoms with van der Waals surface area (Å²) in [5.74, 6) is -0.0319. The molecule has 2 aromatic rings. The maximum atomic E-state index is 13.3. The Bertz CT molecular complexity index is 1350. The zero-order chi connectivity index (χ0) is 28.7. The predicted molar refractivity (Wildman–Crippen MR) is 161 cm³/mol. The van der Waals surface area contributed by atoms with Crippen LogP contribution in [0.25, 0.3) is 5.69 Å². The second-order valence-corrected chi connectivity index (χ2v) is 13.5. The molecule has 8 heteroatoms. The van der Waals surface area contributed by atoms with E-state index in [1.807, 2.05) is 12.1 Å². The van der Waals surface area contributed by atoms with Gasteiger partial charge in [0.05, 0.1) is 5.56 Å². The van der Waals surface area contributed by atoms with Gasteiger partial charge in [0.1, 0.15) is 0 Å². The molecule has 6 rings (SSSR count). The maximum absolute atomic E-state index is 13.3. The summed E-state index contributed by atoms with van der Waals surface area (Å²) < 4.78 is 2.31. The van der Waals surface area contributed by atoms with Crippen LogP contribution >= 0.6 is 0 Å². The van der Waals surface area contributed by atoms with Crippen LogP contribution in [0, 0.1) is 5.41 Å². The van der Waals surface area contributed by atoms with Gasteiger partial charge in [-0.3, -0.25) is 14.4 Å². The molecule has 2 heterocycles. The SMILES string of the molecule is CC1(C)CC(=O)c2c3c(n(-c4ccc(C(N)=O)c(NC5CCC(NC(=O)CCN6CCCC6)CC5)c4)c2C1)CCC3. The Kier molecular flexibility index (Phi) is 7.70. The number of aromatic nitrogens is 1.